The van der Waals surface area contributed by atoms with Gasteiger partial charge in [-0.1, -0.05) is 37.0 Å². The maximum Gasteiger partial charge on any atom is 0.585 e. The lowest BCUT2D eigenvalue weighted by molar-refractivity contribution is -0.336. The van der Waals surface area contributed by atoms with E-state index in [1.54, 1.807) is 24.4 Å². The van der Waals surface area contributed by atoms with Gasteiger partial charge in [0.1, 0.15) is 0 Å². The molecule has 0 saturated heterocycles. The fourth-order valence-electron chi connectivity index (χ4n) is 2.73. The molecule has 0 saturated carbocycles. The molecule has 0 aromatic heterocycles. The number of Topliss-reactive ketones (excluding diaryl/α,β-unsaturated/α-hetero) is 1. The number of ketones is 1. The lowest BCUT2D eigenvalue weighted by Gasteiger charge is -2.09. The Balaban J connectivity index is 1.96. The van der Waals surface area contributed by atoms with Crippen molar-refractivity contribution in [3.05, 3.63) is 71.4 Å². The minimum atomic E-state index is -3.68. The van der Waals surface area contributed by atoms with Crippen molar-refractivity contribution in [3.8, 4) is 0 Å². The third-order valence-electron chi connectivity index (χ3n) is 3.95. The van der Waals surface area contributed by atoms with Crippen LogP contribution in [0.2, 0.25) is 0 Å². The van der Waals surface area contributed by atoms with Gasteiger partial charge in [-0.15, -0.1) is 8.78 Å². The number of ether oxygens (including phenoxy) is 2. The van der Waals surface area contributed by atoms with Crippen LogP contribution in [0.15, 0.2) is 76.4 Å². The minimum Gasteiger partial charge on any atom is -0.400 e. The lowest BCUT2D eigenvalue weighted by Crippen LogP contribution is -2.16. The predicted molar refractivity (Wildman–Crippen MR) is 101 cm³/mol. The van der Waals surface area contributed by atoms with Crippen molar-refractivity contribution in [3.63, 3.8) is 0 Å². The summed E-state index contributed by atoms with van der Waals surface area (Å²) in [4.78, 5) is 16.8. The van der Waals surface area contributed by atoms with Gasteiger partial charge in [0.15, 0.2) is 17.3 Å². The van der Waals surface area contributed by atoms with E-state index in [4.69, 9.17) is 0 Å². The molecule has 0 unspecified atom stereocenters. The Kier molecular flexibility index (Phi) is 6.66. The first-order chi connectivity index (χ1) is 12.7. The van der Waals surface area contributed by atoms with E-state index in [2.05, 4.69) is 27.6 Å². The minimum absolute atomic E-state index is 0.0284. The number of nitrogens with zero attached hydrogens (tertiary/aromatic N) is 1. The summed E-state index contributed by atoms with van der Waals surface area (Å²) in [6.45, 7) is 11.5. The number of carbonyl (C=O) groups excluding carboxylic acids is 1. The molecule has 144 valence electrons. The van der Waals surface area contributed by atoms with Crippen LogP contribution in [0.25, 0.3) is 0 Å². The van der Waals surface area contributed by atoms with E-state index < -0.39 is 6.29 Å². The van der Waals surface area contributed by atoms with Gasteiger partial charge in [-0.25, -0.2) is 0 Å². The van der Waals surface area contributed by atoms with Crippen molar-refractivity contribution >= 4 is 12.0 Å². The molecule has 0 bridgehead atoms. The molecular formula is C21H23F2NO3. The van der Waals surface area contributed by atoms with Crippen LogP contribution in [-0.2, 0) is 14.3 Å². The summed E-state index contributed by atoms with van der Waals surface area (Å²) in [6, 6.07) is 0. The Hall–Kier alpha value is -2.76. The topological polar surface area (TPSA) is 47.9 Å². The number of halogens is 2. The normalized spacial score (nSPS) is 17.6. The van der Waals surface area contributed by atoms with Crippen molar-refractivity contribution in [1.29, 1.82) is 0 Å². The van der Waals surface area contributed by atoms with Crippen LogP contribution < -0.4 is 0 Å². The molecular weight excluding hydrogens is 352 g/mol. The van der Waals surface area contributed by atoms with Gasteiger partial charge >= 0.3 is 6.29 Å². The molecule has 1 aliphatic heterocycles. The van der Waals surface area contributed by atoms with Gasteiger partial charge in [-0.2, -0.15) is 0 Å². The lowest BCUT2D eigenvalue weighted by atomic mass is 10.00. The number of carbonyl (C=O) groups is 1. The predicted octanol–water partition coefficient (Wildman–Crippen LogP) is 5.53. The van der Waals surface area contributed by atoms with Gasteiger partial charge in [-0.3, -0.25) is 9.79 Å². The maximum atomic E-state index is 13.2. The highest BCUT2D eigenvalue weighted by atomic mass is 19.3. The summed E-state index contributed by atoms with van der Waals surface area (Å²) in [5.41, 5.74) is 2.98. The van der Waals surface area contributed by atoms with Crippen molar-refractivity contribution in [1.82, 2.24) is 0 Å². The Morgan fingerprint density at radius 3 is 2.74 bits per heavy atom. The average Bonchev–Trinajstić information content (AvgIpc) is 2.74. The standard InChI is InChI=1S/C21H23F2NO3/c1-5-12-24-20(14(2)3)15(4)8-6-10-17(25)16-9-7-11-18-19(13-16)27-21(22,23)26-18/h5,7,9,12-13H,1,4,6,8,10-11H2,2-3H3. The second-order valence-corrected chi connectivity index (χ2v) is 6.40. The van der Waals surface area contributed by atoms with Crippen LogP contribution in [0.4, 0.5) is 8.78 Å². The Morgan fingerprint density at radius 2 is 2.07 bits per heavy atom. The summed E-state index contributed by atoms with van der Waals surface area (Å²) in [5.74, 6) is -0.219. The van der Waals surface area contributed by atoms with Gasteiger partial charge in [0.05, 0.1) is 5.70 Å². The number of rotatable bonds is 8. The van der Waals surface area contributed by atoms with Gasteiger partial charge in [0.2, 0.25) is 0 Å². The largest absolute Gasteiger partial charge is 0.585 e. The van der Waals surface area contributed by atoms with Gasteiger partial charge < -0.3 is 9.47 Å². The second-order valence-electron chi connectivity index (χ2n) is 6.40. The van der Waals surface area contributed by atoms with Gasteiger partial charge in [0.25, 0.3) is 0 Å². The highest BCUT2D eigenvalue weighted by Crippen LogP contribution is 2.37. The molecule has 4 nitrogen and oxygen atoms in total. The molecule has 0 amide bonds. The van der Waals surface area contributed by atoms with Crippen LogP contribution in [0.5, 0.6) is 0 Å². The molecule has 0 fully saturated rings. The second kappa shape index (κ2) is 8.75. The average molecular weight is 375 g/mol. The smallest absolute Gasteiger partial charge is 0.400 e. The monoisotopic (exact) mass is 375 g/mol. The van der Waals surface area contributed by atoms with Gasteiger partial charge in [-0.05, 0) is 38.3 Å². The van der Waals surface area contributed by atoms with Crippen molar-refractivity contribution in [2.75, 3.05) is 0 Å². The summed E-state index contributed by atoms with van der Waals surface area (Å²) >= 11 is 0. The summed E-state index contributed by atoms with van der Waals surface area (Å²) in [6.07, 6.45) is 5.63. The van der Waals surface area contributed by atoms with Crippen LogP contribution in [-0.4, -0.2) is 18.3 Å². The third-order valence-corrected chi connectivity index (χ3v) is 3.95. The molecule has 0 atom stereocenters. The van der Waals surface area contributed by atoms with E-state index in [1.165, 1.54) is 6.08 Å². The van der Waals surface area contributed by atoms with Crippen LogP contribution in [0, 0.1) is 0 Å². The van der Waals surface area contributed by atoms with E-state index in [0.717, 1.165) is 16.8 Å². The Labute approximate surface area is 158 Å². The molecule has 1 aliphatic carbocycles. The zero-order valence-electron chi connectivity index (χ0n) is 15.6. The van der Waals surface area contributed by atoms with Crippen LogP contribution in [0.3, 0.4) is 0 Å². The molecule has 0 N–H and O–H groups in total. The maximum absolute atomic E-state index is 13.2. The number of hydrogen-bond donors (Lipinski definition) is 0. The zero-order valence-corrected chi connectivity index (χ0v) is 15.6. The van der Waals surface area contributed by atoms with Gasteiger partial charge in [0, 0.05) is 24.6 Å². The first-order valence-electron chi connectivity index (χ1n) is 8.64. The number of alkyl halides is 2. The van der Waals surface area contributed by atoms with Crippen molar-refractivity contribution in [2.24, 2.45) is 4.99 Å². The molecule has 2 rings (SSSR count). The van der Waals surface area contributed by atoms with Crippen LogP contribution >= 0.6 is 0 Å². The number of hydrogen-bond acceptors (Lipinski definition) is 4. The van der Waals surface area contributed by atoms with E-state index in [9.17, 15) is 13.6 Å². The molecule has 0 spiro atoms. The highest BCUT2D eigenvalue weighted by molar-refractivity contribution is 5.98. The molecule has 0 aromatic rings. The fourth-order valence-corrected chi connectivity index (χ4v) is 2.73. The highest BCUT2D eigenvalue weighted by Gasteiger charge is 2.44. The van der Waals surface area contributed by atoms with Crippen LogP contribution in [0.1, 0.15) is 39.5 Å². The van der Waals surface area contributed by atoms with Crippen molar-refractivity contribution < 1.29 is 23.0 Å². The summed E-state index contributed by atoms with van der Waals surface area (Å²) < 4.78 is 35.2. The molecule has 6 heteroatoms. The fraction of sp³-hybridized carbons (Fsp3) is 0.333. The molecule has 1 heterocycles. The zero-order chi connectivity index (χ0) is 20.0. The Bertz CT molecular complexity index is 794. The molecule has 0 aromatic carbocycles. The quantitative estimate of drug-likeness (QED) is 0.414. The molecule has 2 aliphatic rings. The molecule has 27 heavy (non-hydrogen) atoms. The third kappa shape index (κ3) is 5.61. The van der Waals surface area contributed by atoms with Crippen molar-refractivity contribution in [2.45, 2.75) is 45.8 Å². The first-order valence-corrected chi connectivity index (χ1v) is 8.64. The summed E-state index contributed by atoms with van der Waals surface area (Å²) in [7, 11) is 0. The van der Waals surface area contributed by atoms with E-state index in [1.807, 2.05) is 13.8 Å². The Morgan fingerprint density at radius 1 is 1.33 bits per heavy atom. The van der Waals surface area contributed by atoms with E-state index in [0.29, 0.717) is 18.4 Å². The van der Waals surface area contributed by atoms with E-state index >= 15 is 0 Å². The number of allylic oxidation sites excluding steroid dienone is 7. The summed E-state index contributed by atoms with van der Waals surface area (Å²) in [5, 5.41) is 0. The molecule has 0 radical (unpaired) electrons. The first kappa shape index (κ1) is 20.6. The van der Waals surface area contributed by atoms with E-state index in [-0.39, 0.29) is 30.1 Å². The number of aliphatic imine (C=N–C) groups is 1. The SMILES string of the molecule is C=CC=NC(C(=C)CCCC(=O)C1=CC2=C(CC=C1)OC(F)(F)O2)=C(C)C.